The van der Waals surface area contributed by atoms with Gasteiger partial charge in [-0.05, 0) is 25.7 Å². The van der Waals surface area contributed by atoms with E-state index in [0.717, 1.165) is 32.1 Å². The third-order valence-corrected chi connectivity index (χ3v) is 2.03. The lowest BCUT2D eigenvalue weighted by atomic mass is 10.2. The van der Waals surface area contributed by atoms with Gasteiger partial charge in [-0.3, -0.25) is 0 Å². The number of hydroxylamine groups is 2. The van der Waals surface area contributed by atoms with Crippen LogP contribution in [0.4, 0.5) is 0 Å². The quantitative estimate of drug-likeness (QED) is 0.302. The number of aliphatic hydroxyl groups excluding tert-OH is 1. The van der Waals surface area contributed by atoms with Crippen LogP contribution < -0.4 is 5.73 Å². The molecule has 80 valence electrons. The minimum absolute atomic E-state index is 0.201. The smallest absolute Gasteiger partial charge is 0.0815 e. The highest BCUT2D eigenvalue weighted by Crippen LogP contribution is 2.03. The summed E-state index contributed by atoms with van der Waals surface area (Å²) in [7, 11) is 0. The van der Waals surface area contributed by atoms with E-state index in [-0.39, 0.29) is 12.8 Å². The number of nitrogens with zero attached hydrogens (tertiary/aromatic N) is 1. The topological polar surface area (TPSA) is 69.7 Å². The van der Waals surface area contributed by atoms with E-state index in [9.17, 15) is 5.21 Å². The Balaban J connectivity index is 3.38. The van der Waals surface area contributed by atoms with Crippen LogP contribution in [0, 0.1) is 0 Å². The molecule has 0 bridgehead atoms. The van der Waals surface area contributed by atoms with Crippen LogP contribution in [-0.2, 0) is 0 Å². The molecule has 0 spiro atoms. The van der Waals surface area contributed by atoms with Crippen molar-refractivity contribution in [1.82, 2.24) is 5.06 Å². The number of hydrogen-bond acceptors (Lipinski definition) is 4. The molecular formula is C9H22N2O2. The molecule has 0 aliphatic carbocycles. The van der Waals surface area contributed by atoms with Crippen molar-refractivity contribution in [2.75, 3.05) is 13.2 Å². The molecule has 4 N–H and O–H groups in total. The van der Waals surface area contributed by atoms with Gasteiger partial charge < -0.3 is 16.0 Å². The summed E-state index contributed by atoms with van der Waals surface area (Å²) >= 11 is 0. The molecular weight excluding hydrogens is 168 g/mol. The van der Waals surface area contributed by atoms with E-state index in [1.54, 1.807) is 0 Å². The van der Waals surface area contributed by atoms with Gasteiger partial charge in [-0.2, -0.15) is 5.06 Å². The van der Waals surface area contributed by atoms with Crippen molar-refractivity contribution in [3.05, 3.63) is 0 Å². The maximum absolute atomic E-state index is 9.39. The minimum Gasteiger partial charge on any atom is -0.396 e. The second kappa shape index (κ2) is 8.44. The summed E-state index contributed by atoms with van der Waals surface area (Å²) in [4.78, 5) is 0. The fourth-order valence-corrected chi connectivity index (χ4v) is 1.10. The van der Waals surface area contributed by atoms with Crippen LogP contribution in [0.3, 0.4) is 0 Å². The summed E-state index contributed by atoms with van der Waals surface area (Å²) in [5.74, 6) is 0. The summed E-state index contributed by atoms with van der Waals surface area (Å²) in [5, 5.41) is 19.1. The molecule has 0 radical (unpaired) electrons. The lowest BCUT2D eigenvalue weighted by Crippen LogP contribution is -2.40. The van der Waals surface area contributed by atoms with Crippen LogP contribution in [-0.4, -0.2) is 34.7 Å². The standard InChI is InChI=1S/C9H22N2O2/c1-2-3-7-11(13)9(10)6-4-5-8-12/h9,12-13H,2-8,10H2,1H3. The monoisotopic (exact) mass is 190 g/mol. The molecule has 4 heteroatoms. The third kappa shape index (κ3) is 6.95. The predicted molar refractivity (Wildman–Crippen MR) is 52.3 cm³/mol. The summed E-state index contributed by atoms with van der Waals surface area (Å²) in [6, 6.07) is 0. The van der Waals surface area contributed by atoms with E-state index < -0.39 is 0 Å². The first-order valence-electron chi connectivity index (χ1n) is 5.04. The number of unbranched alkanes of at least 4 members (excludes halogenated alkanes) is 2. The van der Waals surface area contributed by atoms with Crippen LogP contribution in [0.5, 0.6) is 0 Å². The maximum Gasteiger partial charge on any atom is 0.0815 e. The van der Waals surface area contributed by atoms with Gasteiger partial charge in [0.25, 0.3) is 0 Å². The molecule has 4 nitrogen and oxygen atoms in total. The Morgan fingerprint density at radius 3 is 2.54 bits per heavy atom. The first-order chi connectivity index (χ1) is 6.22. The lowest BCUT2D eigenvalue weighted by Gasteiger charge is -2.21. The van der Waals surface area contributed by atoms with E-state index >= 15 is 0 Å². The molecule has 1 atom stereocenters. The molecule has 0 rings (SSSR count). The van der Waals surface area contributed by atoms with Crippen molar-refractivity contribution < 1.29 is 10.3 Å². The van der Waals surface area contributed by atoms with Crippen LogP contribution in [0.25, 0.3) is 0 Å². The fraction of sp³-hybridized carbons (Fsp3) is 1.00. The summed E-state index contributed by atoms with van der Waals surface area (Å²) in [5.41, 5.74) is 5.69. The van der Waals surface area contributed by atoms with Crippen molar-refractivity contribution >= 4 is 0 Å². The molecule has 0 aliphatic heterocycles. The van der Waals surface area contributed by atoms with Crippen LogP contribution in [0.1, 0.15) is 39.0 Å². The first kappa shape index (κ1) is 12.8. The van der Waals surface area contributed by atoms with Gasteiger partial charge in [-0.15, -0.1) is 0 Å². The minimum atomic E-state index is -0.280. The average Bonchev–Trinajstić information content (AvgIpc) is 2.14. The Morgan fingerprint density at radius 1 is 1.31 bits per heavy atom. The first-order valence-corrected chi connectivity index (χ1v) is 5.04. The zero-order valence-electron chi connectivity index (χ0n) is 8.45. The third-order valence-electron chi connectivity index (χ3n) is 2.03. The zero-order valence-corrected chi connectivity index (χ0v) is 8.45. The Hall–Kier alpha value is -0.160. The Kier molecular flexibility index (Phi) is 8.33. The molecule has 0 fully saturated rings. The lowest BCUT2D eigenvalue weighted by molar-refractivity contribution is -0.128. The van der Waals surface area contributed by atoms with Gasteiger partial charge in [0.2, 0.25) is 0 Å². The molecule has 0 saturated heterocycles. The Labute approximate surface area is 80.3 Å². The largest absolute Gasteiger partial charge is 0.396 e. The summed E-state index contributed by atoms with van der Waals surface area (Å²) in [6.45, 7) is 2.91. The highest BCUT2D eigenvalue weighted by Gasteiger charge is 2.09. The van der Waals surface area contributed by atoms with Crippen LogP contribution >= 0.6 is 0 Å². The van der Waals surface area contributed by atoms with Gasteiger partial charge in [0.05, 0.1) is 6.17 Å². The van der Waals surface area contributed by atoms with E-state index in [1.807, 2.05) is 0 Å². The molecule has 0 amide bonds. The van der Waals surface area contributed by atoms with Crippen molar-refractivity contribution in [3.63, 3.8) is 0 Å². The fourth-order valence-electron chi connectivity index (χ4n) is 1.10. The molecule has 0 aromatic carbocycles. The molecule has 0 aliphatic rings. The molecule has 1 unspecified atom stereocenters. The van der Waals surface area contributed by atoms with Gasteiger partial charge in [-0.25, -0.2) is 0 Å². The van der Waals surface area contributed by atoms with E-state index in [0.29, 0.717) is 6.54 Å². The van der Waals surface area contributed by atoms with Gasteiger partial charge in [-0.1, -0.05) is 13.3 Å². The molecule has 13 heavy (non-hydrogen) atoms. The molecule has 0 aromatic heterocycles. The number of nitrogens with two attached hydrogens (primary N) is 1. The second-order valence-electron chi connectivity index (χ2n) is 3.30. The van der Waals surface area contributed by atoms with Gasteiger partial charge in [0.1, 0.15) is 0 Å². The second-order valence-corrected chi connectivity index (χ2v) is 3.30. The van der Waals surface area contributed by atoms with Crippen molar-refractivity contribution in [2.45, 2.75) is 45.2 Å². The van der Waals surface area contributed by atoms with Crippen LogP contribution in [0.2, 0.25) is 0 Å². The zero-order chi connectivity index (χ0) is 10.1. The highest BCUT2D eigenvalue weighted by molar-refractivity contribution is 4.57. The SMILES string of the molecule is CCCCN(O)C(N)CCCCO. The van der Waals surface area contributed by atoms with Crippen molar-refractivity contribution in [2.24, 2.45) is 5.73 Å². The van der Waals surface area contributed by atoms with E-state index in [4.69, 9.17) is 10.8 Å². The summed E-state index contributed by atoms with van der Waals surface area (Å²) < 4.78 is 0. The highest BCUT2D eigenvalue weighted by atomic mass is 16.5. The average molecular weight is 190 g/mol. The Bertz CT molecular complexity index is 112. The normalized spacial score (nSPS) is 13.6. The molecule has 0 saturated carbocycles. The van der Waals surface area contributed by atoms with Crippen LogP contribution in [0.15, 0.2) is 0 Å². The Morgan fingerprint density at radius 2 is 2.00 bits per heavy atom. The molecule has 0 heterocycles. The number of aliphatic hydroxyl groups is 1. The van der Waals surface area contributed by atoms with E-state index in [2.05, 4.69) is 6.92 Å². The van der Waals surface area contributed by atoms with Crippen molar-refractivity contribution in [1.29, 1.82) is 0 Å². The van der Waals surface area contributed by atoms with E-state index in [1.165, 1.54) is 5.06 Å². The number of rotatable bonds is 8. The van der Waals surface area contributed by atoms with Gasteiger partial charge in [0, 0.05) is 13.2 Å². The van der Waals surface area contributed by atoms with Gasteiger partial charge >= 0.3 is 0 Å². The van der Waals surface area contributed by atoms with Gasteiger partial charge in [0.15, 0.2) is 0 Å². The maximum atomic E-state index is 9.39. The number of hydrogen-bond donors (Lipinski definition) is 3. The molecule has 0 aromatic rings. The predicted octanol–water partition coefficient (Wildman–Crippen LogP) is 0.925. The summed E-state index contributed by atoms with van der Waals surface area (Å²) in [6.07, 6.45) is 4.10. The van der Waals surface area contributed by atoms with Crippen molar-refractivity contribution in [3.8, 4) is 0 Å².